The minimum atomic E-state index is -0.845. The fourth-order valence-corrected chi connectivity index (χ4v) is 4.33. The number of rotatable bonds is 12. The van der Waals surface area contributed by atoms with Crippen LogP contribution in [0.2, 0.25) is 0 Å². The molecule has 10 heteroatoms. The van der Waals surface area contributed by atoms with E-state index in [-0.39, 0.29) is 31.3 Å². The number of thiophene rings is 1. The highest BCUT2D eigenvalue weighted by atomic mass is 32.1. The smallest absolute Gasteiger partial charge is 0.348 e. The summed E-state index contributed by atoms with van der Waals surface area (Å²) < 4.78 is 10.1. The number of hydrogen-bond acceptors (Lipinski definition) is 9. The van der Waals surface area contributed by atoms with E-state index in [0.29, 0.717) is 52.4 Å². The number of carbonyl (C=O) groups excluding carboxylic acids is 2. The Morgan fingerprint density at radius 2 is 1.97 bits per heavy atom. The lowest BCUT2D eigenvalue weighted by atomic mass is 10.2. The molecule has 2 aromatic rings. The Labute approximate surface area is 185 Å². The average molecular weight is 454 g/mol. The molecule has 0 amide bonds. The summed E-state index contributed by atoms with van der Waals surface area (Å²) in [6, 6.07) is 0. The fraction of sp³-hybridized carbons (Fsp3) is 0.619. The predicted molar refractivity (Wildman–Crippen MR) is 118 cm³/mol. The van der Waals surface area contributed by atoms with Crippen LogP contribution in [0.15, 0.2) is 4.79 Å². The lowest BCUT2D eigenvalue weighted by molar-refractivity contribution is -0.147. The first-order chi connectivity index (χ1) is 14.8. The van der Waals surface area contributed by atoms with Crippen molar-refractivity contribution in [3.05, 3.63) is 26.6 Å². The van der Waals surface area contributed by atoms with Crippen LogP contribution in [0.5, 0.6) is 0 Å². The molecule has 0 unspecified atom stereocenters. The summed E-state index contributed by atoms with van der Waals surface area (Å²) in [5.74, 6) is -0.347. The molecular weight excluding hydrogens is 422 g/mol. The van der Waals surface area contributed by atoms with Gasteiger partial charge in [-0.25, -0.2) is 9.78 Å². The summed E-state index contributed by atoms with van der Waals surface area (Å²) in [7, 11) is 0. The van der Waals surface area contributed by atoms with Crippen molar-refractivity contribution in [3.63, 3.8) is 0 Å². The van der Waals surface area contributed by atoms with Gasteiger partial charge >= 0.3 is 11.9 Å². The standard InChI is InChI=1S/C21H31N3O6S/c1-5-8-16(26)30-12-14(25)10-24(9-6-2)11-15-22-19(27)17-13(4)18(21(28)29-7-3)31-20(17)23-15/h14,25H,5-12H2,1-4H3,(H,22,23,27)/t14-/m0/s1. The quantitative estimate of drug-likeness (QED) is 0.470. The van der Waals surface area contributed by atoms with Crippen LogP contribution in [0.4, 0.5) is 0 Å². The van der Waals surface area contributed by atoms with Gasteiger partial charge in [0, 0.05) is 13.0 Å². The number of nitrogens with zero attached hydrogens (tertiary/aromatic N) is 2. The van der Waals surface area contributed by atoms with Crippen LogP contribution in [-0.4, -0.2) is 64.3 Å². The molecule has 0 aliphatic heterocycles. The van der Waals surface area contributed by atoms with E-state index in [9.17, 15) is 19.5 Å². The number of esters is 2. The maximum Gasteiger partial charge on any atom is 0.348 e. The highest BCUT2D eigenvalue weighted by molar-refractivity contribution is 7.20. The van der Waals surface area contributed by atoms with Gasteiger partial charge < -0.3 is 19.6 Å². The van der Waals surface area contributed by atoms with Crippen molar-refractivity contribution < 1.29 is 24.2 Å². The SMILES string of the molecule is CCCC(=O)OC[C@@H](O)CN(CCC)Cc1nc2sc(C(=O)OCC)c(C)c2c(=O)[nH]1. The molecule has 2 aromatic heterocycles. The van der Waals surface area contributed by atoms with Crippen LogP contribution in [0.3, 0.4) is 0 Å². The Bertz CT molecular complexity index is 954. The molecule has 0 bridgehead atoms. The van der Waals surface area contributed by atoms with Gasteiger partial charge in [-0.1, -0.05) is 13.8 Å². The first-order valence-corrected chi connectivity index (χ1v) is 11.4. The molecule has 0 saturated carbocycles. The third-order valence-corrected chi connectivity index (χ3v) is 5.75. The lowest BCUT2D eigenvalue weighted by Crippen LogP contribution is -2.36. The summed E-state index contributed by atoms with van der Waals surface area (Å²) in [4.78, 5) is 46.4. The van der Waals surface area contributed by atoms with Gasteiger partial charge in [0.1, 0.15) is 28.2 Å². The van der Waals surface area contributed by atoms with E-state index in [1.807, 2.05) is 18.7 Å². The van der Waals surface area contributed by atoms with Gasteiger partial charge in [0.2, 0.25) is 0 Å². The monoisotopic (exact) mass is 453 g/mol. The molecule has 0 saturated heterocycles. The zero-order valence-electron chi connectivity index (χ0n) is 18.5. The number of aliphatic hydroxyl groups excluding tert-OH is 1. The van der Waals surface area contributed by atoms with Crippen molar-refractivity contribution in [1.29, 1.82) is 0 Å². The number of nitrogens with one attached hydrogen (secondary N) is 1. The van der Waals surface area contributed by atoms with Crippen molar-refractivity contribution in [1.82, 2.24) is 14.9 Å². The van der Waals surface area contributed by atoms with Crippen LogP contribution in [-0.2, 0) is 20.8 Å². The third kappa shape index (κ3) is 6.84. The molecule has 172 valence electrons. The molecule has 2 heterocycles. The van der Waals surface area contributed by atoms with E-state index in [2.05, 4.69) is 9.97 Å². The van der Waals surface area contributed by atoms with Crippen molar-refractivity contribution >= 4 is 33.5 Å². The van der Waals surface area contributed by atoms with Crippen molar-refractivity contribution in [2.45, 2.75) is 59.6 Å². The van der Waals surface area contributed by atoms with Crippen molar-refractivity contribution in [3.8, 4) is 0 Å². The number of ether oxygens (including phenoxy) is 2. The maximum absolute atomic E-state index is 12.6. The number of aromatic nitrogens is 2. The van der Waals surface area contributed by atoms with E-state index in [4.69, 9.17) is 9.47 Å². The summed E-state index contributed by atoms with van der Waals surface area (Å²) in [6.07, 6.45) is 1.01. The van der Waals surface area contributed by atoms with E-state index in [1.165, 1.54) is 0 Å². The van der Waals surface area contributed by atoms with Crippen LogP contribution >= 0.6 is 11.3 Å². The third-order valence-electron chi connectivity index (χ3n) is 4.58. The van der Waals surface area contributed by atoms with Gasteiger partial charge in [0.05, 0.1) is 18.5 Å². The summed E-state index contributed by atoms with van der Waals surface area (Å²) >= 11 is 1.14. The van der Waals surface area contributed by atoms with Crippen LogP contribution in [0, 0.1) is 6.92 Å². The molecule has 2 rings (SSSR count). The highest BCUT2D eigenvalue weighted by Crippen LogP contribution is 2.27. The largest absolute Gasteiger partial charge is 0.463 e. The minimum absolute atomic E-state index is 0.0744. The average Bonchev–Trinajstić information content (AvgIpc) is 3.04. The van der Waals surface area contributed by atoms with E-state index in [1.54, 1.807) is 13.8 Å². The van der Waals surface area contributed by atoms with E-state index >= 15 is 0 Å². The molecular formula is C21H31N3O6S. The second-order valence-electron chi connectivity index (χ2n) is 7.29. The van der Waals surface area contributed by atoms with Crippen LogP contribution in [0.25, 0.3) is 10.2 Å². The summed E-state index contributed by atoms with van der Waals surface area (Å²) in [5, 5.41) is 10.6. The Morgan fingerprint density at radius 3 is 2.61 bits per heavy atom. The van der Waals surface area contributed by atoms with Crippen LogP contribution < -0.4 is 5.56 Å². The molecule has 0 fully saturated rings. The van der Waals surface area contributed by atoms with Gasteiger partial charge in [-0.15, -0.1) is 11.3 Å². The van der Waals surface area contributed by atoms with E-state index < -0.39 is 12.1 Å². The van der Waals surface area contributed by atoms with Crippen LogP contribution in [0.1, 0.15) is 61.1 Å². The summed E-state index contributed by atoms with van der Waals surface area (Å²) in [6.45, 7) is 8.76. The Morgan fingerprint density at radius 1 is 1.23 bits per heavy atom. The number of hydrogen-bond donors (Lipinski definition) is 2. The number of fused-ring (bicyclic) bond motifs is 1. The Kier molecular flexibility index (Phi) is 9.60. The second kappa shape index (κ2) is 11.9. The van der Waals surface area contributed by atoms with E-state index in [0.717, 1.165) is 17.8 Å². The Hall–Kier alpha value is -2.30. The minimum Gasteiger partial charge on any atom is -0.463 e. The van der Waals surface area contributed by atoms with Gasteiger partial charge in [-0.3, -0.25) is 14.5 Å². The number of aryl methyl sites for hydroxylation is 1. The zero-order chi connectivity index (χ0) is 23.0. The molecule has 31 heavy (non-hydrogen) atoms. The molecule has 2 N–H and O–H groups in total. The Balaban J connectivity index is 2.16. The molecule has 0 aromatic carbocycles. The number of H-pyrrole nitrogens is 1. The van der Waals surface area contributed by atoms with Crippen molar-refractivity contribution in [2.24, 2.45) is 0 Å². The first-order valence-electron chi connectivity index (χ1n) is 10.6. The molecule has 0 aliphatic carbocycles. The van der Waals surface area contributed by atoms with Gasteiger partial charge in [0.25, 0.3) is 5.56 Å². The topological polar surface area (TPSA) is 122 Å². The molecule has 1 atom stereocenters. The predicted octanol–water partition coefficient (Wildman–Crippen LogP) is 2.39. The second-order valence-corrected chi connectivity index (χ2v) is 8.29. The van der Waals surface area contributed by atoms with Crippen molar-refractivity contribution in [2.75, 3.05) is 26.3 Å². The zero-order valence-corrected chi connectivity index (χ0v) is 19.3. The van der Waals surface area contributed by atoms with Gasteiger partial charge in [-0.2, -0.15) is 0 Å². The maximum atomic E-state index is 12.6. The lowest BCUT2D eigenvalue weighted by Gasteiger charge is -2.24. The van der Waals surface area contributed by atoms with Gasteiger partial charge in [0.15, 0.2) is 0 Å². The molecule has 0 aliphatic rings. The normalized spacial score (nSPS) is 12.3. The van der Waals surface area contributed by atoms with Gasteiger partial charge in [-0.05, 0) is 38.8 Å². The number of carbonyl (C=O) groups is 2. The number of aliphatic hydroxyl groups is 1. The first kappa shape index (κ1) is 25.0. The molecule has 0 spiro atoms. The summed E-state index contributed by atoms with van der Waals surface area (Å²) in [5.41, 5.74) is 0.253. The fourth-order valence-electron chi connectivity index (χ4n) is 3.23. The highest BCUT2D eigenvalue weighted by Gasteiger charge is 2.21. The molecule has 9 nitrogen and oxygen atoms in total. The number of aromatic amines is 1. The molecule has 0 radical (unpaired) electrons.